The van der Waals surface area contributed by atoms with Crippen LogP contribution in [0.3, 0.4) is 0 Å². The molecule has 1 saturated carbocycles. The molecule has 3 rings (SSSR count). The zero-order valence-electron chi connectivity index (χ0n) is 16.9. The maximum absolute atomic E-state index is 13.3. The summed E-state index contributed by atoms with van der Waals surface area (Å²) in [5.41, 5.74) is 0.0877. The molecule has 0 aromatic heterocycles. The molecule has 0 radical (unpaired) electrons. The van der Waals surface area contributed by atoms with Gasteiger partial charge in [0.1, 0.15) is 11.4 Å². The van der Waals surface area contributed by atoms with Crippen molar-refractivity contribution >= 4 is 22.4 Å². The Bertz CT molecular complexity index is 797. The first-order valence-electron chi connectivity index (χ1n) is 10.1. The maximum atomic E-state index is 13.3. The molecule has 0 aliphatic heterocycles. The Morgan fingerprint density at radius 1 is 1.22 bits per heavy atom. The van der Waals surface area contributed by atoms with Crippen molar-refractivity contribution in [2.75, 3.05) is 11.9 Å². The number of anilines is 1. The normalized spacial score (nSPS) is 22.8. The van der Waals surface area contributed by atoms with Crippen molar-refractivity contribution in [3.63, 3.8) is 0 Å². The van der Waals surface area contributed by atoms with Crippen molar-refractivity contribution in [1.29, 1.82) is 0 Å². The summed E-state index contributed by atoms with van der Waals surface area (Å²) in [4.78, 5) is 13.3. The van der Waals surface area contributed by atoms with Gasteiger partial charge in [-0.2, -0.15) is 0 Å². The molecule has 146 valence electrons. The number of hydrogen-bond acceptors (Lipinski definition) is 3. The predicted molar refractivity (Wildman–Crippen MR) is 110 cm³/mol. The molecule has 27 heavy (non-hydrogen) atoms. The molecule has 1 aliphatic rings. The third kappa shape index (κ3) is 4.27. The van der Waals surface area contributed by atoms with Crippen LogP contribution in [0.2, 0.25) is 0 Å². The number of hydrogen-bond donors (Lipinski definition) is 1. The van der Waals surface area contributed by atoms with Crippen molar-refractivity contribution in [3.8, 4) is 5.75 Å². The highest BCUT2D eigenvalue weighted by atomic mass is 16.5. The van der Waals surface area contributed by atoms with E-state index in [2.05, 4.69) is 12.2 Å². The number of nitrogens with one attached hydrogen (secondary N) is 1. The van der Waals surface area contributed by atoms with Crippen LogP contribution in [0.5, 0.6) is 5.75 Å². The van der Waals surface area contributed by atoms with E-state index in [9.17, 15) is 4.79 Å². The van der Waals surface area contributed by atoms with Gasteiger partial charge in [0.25, 0.3) is 5.91 Å². The molecule has 0 spiro atoms. The number of benzene rings is 2. The van der Waals surface area contributed by atoms with E-state index in [0.717, 1.165) is 47.9 Å². The van der Waals surface area contributed by atoms with Crippen molar-refractivity contribution < 1.29 is 14.3 Å². The van der Waals surface area contributed by atoms with E-state index in [0.29, 0.717) is 12.5 Å². The van der Waals surface area contributed by atoms with Crippen LogP contribution in [0.15, 0.2) is 36.4 Å². The SMILES string of the molecule is CCO[C@]1(C(=O)Nc2ccc(OC(C)C)c3ccccc23)CCC[C@@H](C)C1. The smallest absolute Gasteiger partial charge is 0.256 e. The average molecular weight is 370 g/mol. The molecule has 2 atom stereocenters. The lowest BCUT2D eigenvalue weighted by atomic mass is 9.78. The van der Waals surface area contributed by atoms with Gasteiger partial charge in [-0.05, 0) is 58.1 Å². The monoisotopic (exact) mass is 369 g/mol. The van der Waals surface area contributed by atoms with E-state index < -0.39 is 5.60 Å². The Balaban J connectivity index is 1.92. The Hall–Kier alpha value is -2.07. The van der Waals surface area contributed by atoms with Gasteiger partial charge in [0.2, 0.25) is 0 Å². The molecule has 1 amide bonds. The standard InChI is InChI=1S/C23H31NO3/c1-5-26-23(14-8-9-17(4)15-23)22(25)24-20-12-13-21(27-16(2)3)19-11-7-6-10-18(19)20/h6-7,10-13,16-17H,5,8-9,14-15H2,1-4H3,(H,24,25)/t17-,23-/m1/s1. The summed E-state index contributed by atoms with van der Waals surface area (Å²) in [5, 5.41) is 5.15. The first kappa shape index (κ1) is 19.7. The third-order valence-corrected chi connectivity index (χ3v) is 5.29. The van der Waals surface area contributed by atoms with Crippen molar-refractivity contribution in [2.24, 2.45) is 5.92 Å². The average Bonchev–Trinajstić information content (AvgIpc) is 2.63. The van der Waals surface area contributed by atoms with E-state index in [4.69, 9.17) is 9.47 Å². The summed E-state index contributed by atoms with van der Waals surface area (Å²) in [5.74, 6) is 1.30. The van der Waals surface area contributed by atoms with E-state index >= 15 is 0 Å². The van der Waals surface area contributed by atoms with Gasteiger partial charge in [-0.1, -0.05) is 37.6 Å². The van der Waals surface area contributed by atoms with Crippen LogP contribution in [0.4, 0.5) is 5.69 Å². The van der Waals surface area contributed by atoms with Gasteiger partial charge >= 0.3 is 0 Å². The number of amides is 1. The fourth-order valence-corrected chi connectivity index (χ4v) is 4.16. The minimum Gasteiger partial charge on any atom is -0.490 e. The molecule has 0 unspecified atom stereocenters. The fourth-order valence-electron chi connectivity index (χ4n) is 4.16. The Morgan fingerprint density at radius 2 is 1.96 bits per heavy atom. The predicted octanol–water partition coefficient (Wildman–Crippen LogP) is 5.55. The van der Waals surface area contributed by atoms with Crippen LogP contribution in [0.1, 0.15) is 53.4 Å². The molecule has 4 nitrogen and oxygen atoms in total. The second-order valence-electron chi connectivity index (χ2n) is 7.91. The summed E-state index contributed by atoms with van der Waals surface area (Å²) < 4.78 is 12.0. The maximum Gasteiger partial charge on any atom is 0.256 e. The summed E-state index contributed by atoms with van der Waals surface area (Å²) in [6, 6.07) is 11.9. The fraction of sp³-hybridized carbons (Fsp3) is 0.522. The number of carbonyl (C=O) groups excluding carboxylic acids is 1. The highest BCUT2D eigenvalue weighted by Crippen LogP contribution is 2.38. The second kappa shape index (κ2) is 8.30. The van der Waals surface area contributed by atoms with Gasteiger partial charge < -0.3 is 14.8 Å². The quantitative estimate of drug-likeness (QED) is 0.726. The molecular formula is C23H31NO3. The molecule has 1 fully saturated rings. The molecule has 4 heteroatoms. The molecule has 0 heterocycles. The Labute approximate surface area is 162 Å². The van der Waals surface area contributed by atoms with Crippen LogP contribution in [0, 0.1) is 5.92 Å². The van der Waals surface area contributed by atoms with E-state index in [1.165, 1.54) is 0 Å². The summed E-state index contributed by atoms with van der Waals surface area (Å²) in [7, 11) is 0. The van der Waals surface area contributed by atoms with Gasteiger partial charge in [-0.25, -0.2) is 0 Å². The van der Waals surface area contributed by atoms with Gasteiger partial charge in [0, 0.05) is 23.1 Å². The molecule has 0 bridgehead atoms. The highest BCUT2D eigenvalue weighted by molar-refractivity contribution is 6.06. The molecule has 2 aromatic rings. The Morgan fingerprint density at radius 3 is 2.63 bits per heavy atom. The second-order valence-corrected chi connectivity index (χ2v) is 7.91. The van der Waals surface area contributed by atoms with E-state index in [-0.39, 0.29) is 12.0 Å². The van der Waals surface area contributed by atoms with Crippen LogP contribution in [0.25, 0.3) is 10.8 Å². The highest BCUT2D eigenvalue weighted by Gasteiger charge is 2.42. The minimum atomic E-state index is -0.722. The molecule has 1 N–H and O–H groups in total. The zero-order chi connectivity index (χ0) is 19.4. The van der Waals surface area contributed by atoms with Crippen LogP contribution in [-0.4, -0.2) is 24.2 Å². The lowest BCUT2D eigenvalue weighted by Gasteiger charge is -2.38. The first-order chi connectivity index (χ1) is 12.9. The molecule has 2 aromatic carbocycles. The van der Waals surface area contributed by atoms with Gasteiger partial charge in [-0.15, -0.1) is 0 Å². The van der Waals surface area contributed by atoms with Crippen molar-refractivity contribution in [1.82, 2.24) is 0 Å². The number of carbonyl (C=O) groups is 1. The molecule has 0 saturated heterocycles. The van der Waals surface area contributed by atoms with Gasteiger partial charge in [0.15, 0.2) is 0 Å². The van der Waals surface area contributed by atoms with Crippen molar-refractivity contribution in [2.45, 2.75) is 65.1 Å². The topological polar surface area (TPSA) is 47.6 Å². The summed E-state index contributed by atoms with van der Waals surface area (Å²) in [6.07, 6.45) is 3.84. The van der Waals surface area contributed by atoms with E-state index in [1.807, 2.05) is 57.2 Å². The van der Waals surface area contributed by atoms with Crippen LogP contribution < -0.4 is 10.1 Å². The molecule has 1 aliphatic carbocycles. The van der Waals surface area contributed by atoms with Crippen LogP contribution >= 0.6 is 0 Å². The third-order valence-electron chi connectivity index (χ3n) is 5.29. The number of rotatable bonds is 6. The Kier molecular flexibility index (Phi) is 6.05. The summed E-state index contributed by atoms with van der Waals surface area (Å²) in [6.45, 7) is 8.73. The van der Waals surface area contributed by atoms with E-state index in [1.54, 1.807) is 0 Å². The number of fused-ring (bicyclic) bond motifs is 1. The largest absolute Gasteiger partial charge is 0.490 e. The van der Waals surface area contributed by atoms with Crippen LogP contribution in [-0.2, 0) is 9.53 Å². The lowest BCUT2D eigenvalue weighted by Crippen LogP contribution is -2.48. The number of ether oxygens (including phenoxy) is 2. The summed E-state index contributed by atoms with van der Waals surface area (Å²) >= 11 is 0. The van der Waals surface area contributed by atoms with Gasteiger partial charge in [-0.3, -0.25) is 4.79 Å². The lowest BCUT2D eigenvalue weighted by molar-refractivity contribution is -0.147. The first-order valence-corrected chi connectivity index (χ1v) is 10.1. The zero-order valence-corrected chi connectivity index (χ0v) is 16.9. The van der Waals surface area contributed by atoms with Gasteiger partial charge in [0.05, 0.1) is 6.10 Å². The van der Waals surface area contributed by atoms with Crippen molar-refractivity contribution in [3.05, 3.63) is 36.4 Å². The molecular weight excluding hydrogens is 338 g/mol. The minimum absolute atomic E-state index is 0.0291.